The van der Waals surface area contributed by atoms with Crippen molar-refractivity contribution in [2.75, 3.05) is 0 Å². The SMILES string of the molecule is CC(C)CCCC(C)C1CCC2C3CC=C4CC(C(O)Cc5ccccc5)C(O)CC4(C)C3CCC12C. The summed E-state index contributed by atoms with van der Waals surface area (Å²) in [5.74, 6) is 4.82. The van der Waals surface area contributed by atoms with E-state index in [2.05, 4.69) is 52.8 Å². The molecule has 0 heterocycles. The van der Waals surface area contributed by atoms with Crippen molar-refractivity contribution in [1.29, 1.82) is 0 Å². The van der Waals surface area contributed by atoms with Crippen LogP contribution in [0.2, 0.25) is 0 Å². The summed E-state index contributed by atoms with van der Waals surface area (Å²) in [4.78, 5) is 0. The first-order valence-corrected chi connectivity index (χ1v) is 15.7. The van der Waals surface area contributed by atoms with E-state index in [4.69, 9.17) is 0 Å². The molecular formula is C35H54O2. The normalized spacial score (nSPS) is 40.9. The summed E-state index contributed by atoms with van der Waals surface area (Å²) in [6.45, 7) is 12.4. The Labute approximate surface area is 227 Å². The highest BCUT2D eigenvalue weighted by molar-refractivity contribution is 5.27. The molecule has 0 radical (unpaired) electrons. The lowest BCUT2D eigenvalue weighted by Crippen LogP contribution is -2.53. The highest BCUT2D eigenvalue weighted by Gasteiger charge is 2.60. The molecule has 37 heavy (non-hydrogen) atoms. The number of allylic oxidation sites excluding steroid dienone is 2. The number of aliphatic hydroxyl groups is 2. The molecule has 0 amide bonds. The molecule has 2 nitrogen and oxygen atoms in total. The van der Waals surface area contributed by atoms with E-state index < -0.39 is 12.2 Å². The van der Waals surface area contributed by atoms with Crippen LogP contribution >= 0.6 is 0 Å². The lowest BCUT2D eigenvalue weighted by Gasteiger charge is -2.59. The van der Waals surface area contributed by atoms with Crippen LogP contribution in [-0.4, -0.2) is 22.4 Å². The van der Waals surface area contributed by atoms with Crippen molar-refractivity contribution in [2.45, 2.75) is 117 Å². The zero-order valence-corrected chi connectivity index (χ0v) is 24.3. The van der Waals surface area contributed by atoms with Crippen molar-refractivity contribution < 1.29 is 10.2 Å². The van der Waals surface area contributed by atoms with E-state index in [1.54, 1.807) is 5.57 Å². The topological polar surface area (TPSA) is 40.5 Å². The summed E-state index contributed by atoms with van der Waals surface area (Å²) in [6.07, 6.45) is 14.9. The molecule has 2 heteroatoms. The quantitative estimate of drug-likeness (QED) is 0.349. The lowest BCUT2D eigenvalue weighted by molar-refractivity contribution is -0.0874. The van der Waals surface area contributed by atoms with Gasteiger partial charge in [0.15, 0.2) is 0 Å². The Kier molecular flexibility index (Phi) is 8.01. The Morgan fingerprint density at radius 2 is 1.73 bits per heavy atom. The summed E-state index contributed by atoms with van der Waals surface area (Å²) in [7, 11) is 0. The zero-order valence-electron chi connectivity index (χ0n) is 24.3. The van der Waals surface area contributed by atoms with Gasteiger partial charge in [0.05, 0.1) is 12.2 Å². The molecule has 3 fully saturated rings. The van der Waals surface area contributed by atoms with Gasteiger partial charge in [-0.25, -0.2) is 0 Å². The number of benzene rings is 1. The Bertz CT molecular complexity index is 936. The maximum absolute atomic E-state index is 11.4. The molecule has 0 aromatic heterocycles. The fraction of sp³-hybridized carbons (Fsp3) is 0.771. The molecule has 3 saturated carbocycles. The number of hydrogen-bond acceptors (Lipinski definition) is 2. The van der Waals surface area contributed by atoms with Crippen LogP contribution in [0.5, 0.6) is 0 Å². The largest absolute Gasteiger partial charge is 0.393 e. The van der Waals surface area contributed by atoms with Gasteiger partial charge in [-0.05, 0) is 103 Å². The van der Waals surface area contributed by atoms with Gasteiger partial charge >= 0.3 is 0 Å². The zero-order chi connectivity index (χ0) is 26.4. The van der Waals surface area contributed by atoms with Crippen molar-refractivity contribution >= 4 is 0 Å². The summed E-state index contributed by atoms with van der Waals surface area (Å²) in [6, 6.07) is 10.3. The van der Waals surface area contributed by atoms with Gasteiger partial charge in [0.1, 0.15) is 0 Å². The molecule has 0 aliphatic heterocycles. The van der Waals surface area contributed by atoms with E-state index >= 15 is 0 Å². The molecule has 1 aromatic rings. The third kappa shape index (κ3) is 5.11. The first-order valence-electron chi connectivity index (χ1n) is 15.7. The number of hydrogen-bond donors (Lipinski definition) is 2. The van der Waals surface area contributed by atoms with Crippen LogP contribution in [0.4, 0.5) is 0 Å². The van der Waals surface area contributed by atoms with Crippen LogP contribution in [0.3, 0.4) is 0 Å². The highest BCUT2D eigenvalue weighted by atomic mass is 16.3. The average molecular weight is 507 g/mol. The van der Waals surface area contributed by atoms with E-state index in [1.807, 2.05) is 18.2 Å². The fourth-order valence-electron chi connectivity index (χ4n) is 10.2. The first kappa shape index (κ1) is 27.4. The van der Waals surface area contributed by atoms with Crippen LogP contribution in [0, 0.1) is 52.3 Å². The third-order valence-electron chi connectivity index (χ3n) is 12.2. The van der Waals surface area contributed by atoms with Gasteiger partial charge in [0.2, 0.25) is 0 Å². The Morgan fingerprint density at radius 1 is 0.973 bits per heavy atom. The molecule has 0 spiro atoms. The van der Waals surface area contributed by atoms with E-state index in [1.165, 1.54) is 51.4 Å². The van der Waals surface area contributed by atoms with Gasteiger partial charge in [-0.3, -0.25) is 0 Å². The average Bonchev–Trinajstić information content (AvgIpc) is 3.21. The predicted molar refractivity (Wildman–Crippen MR) is 154 cm³/mol. The number of rotatable bonds is 8. The summed E-state index contributed by atoms with van der Waals surface area (Å²) >= 11 is 0. The van der Waals surface area contributed by atoms with Crippen molar-refractivity contribution in [3.63, 3.8) is 0 Å². The molecule has 10 atom stereocenters. The van der Waals surface area contributed by atoms with Gasteiger partial charge in [-0.1, -0.05) is 95.9 Å². The Balaban J connectivity index is 1.29. The maximum Gasteiger partial charge on any atom is 0.0636 e. The Hall–Kier alpha value is -1.12. The molecule has 5 rings (SSSR count). The lowest BCUT2D eigenvalue weighted by atomic mass is 9.46. The van der Waals surface area contributed by atoms with Crippen molar-refractivity contribution in [3.05, 3.63) is 47.5 Å². The second-order valence-corrected chi connectivity index (χ2v) is 14.7. The summed E-state index contributed by atoms with van der Waals surface area (Å²) in [5.41, 5.74) is 3.32. The molecule has 0 bridgehead atoms. The van der Waals surface area contributed by atoms with Gasteiger partial charge in [-0.2, -0.15) is 0 Å². The molecule has 4 aliphatic rings. The second-order valence-electron chi connectivity index (χ2n) is 14.7. The Morgan fingerprint density at radius 3 is 2.46 bits per heavy atom. The number of aliphatic hydroxyl groups excluding tert-OH is 2. The molecule has 206 valence electrons. The van der Waals surface area contributed by atoms with E-state index in [9.17, 15) is 10.2 Å². The monoisotopic (exact) mass is 506 g/mol. The highest BCUT2D eigenvalue weighted by Crippen LogP contribution is 2.67. The summed E-state index contributed by atoms with van der Waals surface area (Å²) in [5, 5.41) is 22.5. The smallest absolute Gasteiger partial charge is 0.0636 e. The van der Waals surface area contributed by atoms with Gasteiger partial charge in [0.25, 0.3) is 0 Å². The van der Waals surface area contributed by atoms with Gasteiger partial charge < -0.3 is 10.2 Å². The van der Waals surface area contributed by atoms with E-state index in [-0.39, 0.29) is 11.3 Å². The van der Waals surface area contributed by atoms with Crippen molar-refractivity contribution in [2.24, 2.45) is 52.3 Å². The fourth-order valence-corrected chi connectivity index (χ4v) is 10.2. The van der Waals surface area contributed by atoms with Crippen LogP contribution in [0.15, 0.2) is 42.0 Å². The number of fused-ring (bicyclic) bond motifs is 5. The maximum atomic E-state index is 11.4. The van der Waals surface area contributed by atoms with E-state index in [0.717, 1.165) is 48.0 Å². The minimum Gasteiger partial charge on any atom is -0.393 e. The van der Waals surface area contributed by atoms with Crippen molar-refractivity contribution in [3.8, 4) is 0 Å². The molecule has 2 N–H and O–H groups in total. The minimum atomic E-state index is -0.483. The van der Waals surface area contributed by atoms with Crippen LogP contribution in [0.25, 0.3) is 0 Å². The van der Waals surface area contributed by atoms with Gasteiger partial charge in [-0.15, -0.1) is 0 Å². The third-order valence-corrected chi connectivity index (χ3v) is 12.2. The molecular weight excluding hydrogens is 452 g/mol. The first-order chi connectivity index (χ1) is 17.6. The standard InChI is InChI=1S/C35H54O2/c1-23(2)10-9-11-24(3)29-16-17-30-27-15-14-26-21-28(32(36)20-25-12-7-6-8-13-25)33(37)22-35(26,5)31(27)18-19-34(29,30)4/h6-8,12-14,23-24,27-33,36-37H,9-11,15-22H2,1-5H3. The molecule has 0 saturated heterocycles. The minimum absolute atomic E-state index is 0.0486. The van der Waals surface area contributed by atoms with Crippen LogP contribution < -0.4 is 0 Å². The van der Waals surface area contributed by atoms with Gasteiger partial charge in [0, 0.05) is 5.92 Å². The molecule has 1 aromatic carbocycles. The second kappa shape index (κ2) is 10.8. The predicted octanol–water partition coefficient (Wildman–Crippen LogP) is 8.22. The molecule has 4 aliphatic carbocycles. The summed E-state index contributed by atoms with van der Waals surface area (Å²) < 4.78 is 0. The van der Waals surface area contributed by atoms with Crippen LogP contribution in [0.1, 0.15) is 104 Å². The van der Waals surface area contributed by atoms with Crippen LogP contribution in [-0.2, 0) is 6.42 Å². The van der Waals surface area contributed by atoms with Crippen molar-refractivity contribution in [1.82, 2.24) is 0 Å². The molecule has 10 unspecified atom stereocenters. The van der Waals surface area contributed by atoms with E-state index in [0.29, 0.717) is 17.8 Å².